The van der Waals surface area contributed by atoms with Gasteiger partial charge in [-0.05, 0) is 26.3 Å². The molecule has 0 aromatic rings. The number of hydrogen-bond acceptors (Lipinski definition) is 3. The Labute approximate surface area is 73.9 Å². The first kappa shape index (κ1) is 8.48. The van der Waals surface area contributed by atoms with Crippen molar-refractivity contribution >= 4 is 0 Å². The van der Waals surface area contributed by atoms with E-state index in [0.717, 1.165) is 26.3 Å². The van der Waals surface area contributed by atoms with E-state index in [1.807, 2.05) is 0 Å². The highest BCUT2D eigenvalue weighted by atomic mass is 16.5. The topological polar surface area (TPSA) is 33.3 Å². The van der Waals surface area contributed by atoms with Crippen molar-refractivity contribution in [1.82, 2.24) is 10.6 Å². The second-order valence-electron chi connectivity index (χ2n) is 4.19. The van der Waals surface area contributed by atoms with E-state index in [4.69, 9.17) is 4.74 Å². The van der Waals surface area contributed by atoms with Crippen LogP contribution in [0, 0.1) is 0 Å². The molecule has 70 valence electrons. The van der Waals surface area contributed by atoms with Crippen molar-refractivity contribution in [2.45, 2.75) is 31.3 Å². The molecule has 2 aliphatic rings. The van der Waals surface area contributed by atoms with Gasteiger partial charge in [0, 0.05) is 24.7 Å². The Morgan fingerprint density at radius 1 is 1.58 bits per heavy atom. The summed E-state index contributed by atoms with van der Waals surface area (Å²) < 4.78 is 5.33. The van der Waals surface area contributed by atoms with Crippen LogP contribution in [0.15, 0.2) is 0 Å². The summed E-state index contributed by atoms with van der Waals surface area (Å²) in [7, 11) is 0. The first-order valence-electron chi connectivity index (χ1n) is 4.85. The molecule has 3 nitrogen and oxygen atoms in total. The molecule has 2 atom stereocenters. The van der Waals surface area contributed by atoms with E-state index in [0.29, 0.717) is 11.6 Å². The second-order valence-corrected chi connectivity index (χ2v) is 4.19. The molecule has 3 heteroatoms. The molecule has 0 spiro atoms. The molecule has 0 radical (unpaired) electrons. The van der Waals surface area contributed by atoms with Gasteiger partial charge in [-0.15, -0.1) is 0 Å². The summed E-state index contributed by atoms with van der Waals surface area (Å²) >= 11 is 0. The Hall–Kier alpha value is -0.120. The van der Waals surface area contributed by atoms with Crippen LogP contribution in [0.2, 0.25) is 0 Å². The van der Waals surface area contributed by atoms with E-state index in [2.05, 4.69) is 17.6 Å². The fourth-order valence-electron chi connectivity index (χ4n) is 2.08. The minimum atomic E-state index is 0.318. The van der Waals surface area contributed by atoms with Crippen LogP contribution in [-0.2, 0) is 4.74 Å². The quantitative estimate of drug-likeness (QED) is 0.617. The maximum atomic E-state index is 5.33. The van der Waals surface area contributed by atoms with Gasteiger partial charge in [-0.1, -0.05) is 0 Å². The molecule has 12 heavy (non-hydrogen) atoms. The molecule has 2 unspecified atom stereocenters. The molecule has 2 saturated heterocycles. The maximum absolute atomic E-state index is 5.33. The van der Waals surface area contributed by atoms with Gasteiger partial charge in [-0.3, -0.25) is 0 Å². The van der Waals surface area contributed by atoms with Crippen LogP contribution in [-0.4, -0.2) is 37.9 Å². The van der Waals surface area contributed by atoms with Crippen molar-refractivity contribution < 1.29 is 4.74 Å². The summed E-state index contributed by atoms with van der Waals surface area (Å²) in [5.41, 5.74) is 0.318. The standard InChI is InChI=1S/C9H18N2O/c1-9(3-4-10-7-9)11-8-2-5-12-6-8/h8,10-11H,2-7H2,1H3. The monoisotopic (exact) mass is 170 g/mol. The summed E-state index contributed by atoms with van der Waals surface area (Å²) in [6, 6.07) is 0.592. The molecular formula is C9H18N2O. The number of ether oxygens (including phenoxy) is 1. The Morgan fingerprint density at radius 2 is 2.50 bits per heavy atom. The lowest BCUT2D eigenvalue weighted by Gasteiger charge is -2.28. The lowest BCUT2D eigenvalue weighted by Crippen LogP contribution is -2.49. The zero-order valence-electron chi connectivity index (χ0n) is 7.73. The van der Waals surface area contributed by atoms with Crippen molar-refractivity contribution in [3.05, 3.63) is 0 Å². The number of hydrogen-bond donors (Lipinski definition) is 2. The van der Waals surface area contributed by atoms with Gasteiger partial charge in [-0.2, -0.15) is 0 Å². The van der Waals surface area contributed by atoms with Crippen molar-refractivity contribution in [3.8, 4) is 0 Å². The third kappa shape index (κ3) is 1.79. The molecule has 2 heterocycles. The molecule has 2 aliphatic heterocycles. The van der Waals surface area contributed by atoms with Gasteiger partial charge in [0.25, 0.3) is 0 Å². The summed E-state index contributed by atoms with van der Waals surface area (Å²) in [4.78, 5) is 0. The molecule has 0 amide bonds. The molecule has 0 aromatic heterocycles. The largest absolute Gasteiger partial charge is 0.380 e. The van der Waals surface area contributed by atoms with Gasteiger partial charge >= 0.3 is 0 Å². The van der Waals surface area contributed by atoms with E-state index >= 15 is 0 Å². The van der Waals surface area contributed by atoms with Crippen molar-refractivity contribution in [3.63, 3.8) is 0 Å². The predicted octanol–water partition coefficient (Wildman–Crippen LogP) is 0.117. The van der Waals surface area contributed by atoms with Crippen LogP contribution >= 0.6 is 0 Å². The summed E-state index contributed by atoms with van der Waals surface area (Å²) in [5, 5.41) is 7.05. The van der Waals surface area contributed by atoms with Crippen LogP contribution in [0.3, 0.4) is 0 Å². The normalized spacial score (nSPS) is 42.2. The molecular weight excluding hydrogens is 152 g/mol. The SMILES string of the molecule is CC1(NC2CCOC2)CCNC1. The van der Waals surface area contributed by atoms with Gasteiger partial charge < -0.3 is 15.4 Å². The van der Waals surface area contributed by atoms with Gasteiger partial charge in [0.2, 0.25) is 0 Å². The van der Waals surface area contributed by atoms with Crippen molar-refractivity contribution in [1.29, 1.82) is 0 Å². The van der Waals surface area contributed by atoms with Crippen LogP contribution < -0.4 is 10.6 Å². The lowest BCUT2D eigenvalue weighted by atomic mass is 10.00. The van der Waals surface area contributed by atoms with Crippen LogP contribution in [0.1, 0.15) is 19.8 Å². The predicted molar refractivity (Wildman–Crippen MR) is 48.3 cm³/mol. The van der Waals surface area contributed by atoms with Gasteiger partial charge in [0.1, 0.15) is 0 Å². The van der Waals surface area contributed by atoms with Crippen LogP contribution in [0.25, 0.3) is 0 Å². The first-order chi connectivity index (χ1) is 5.79. The molecule has 0 bridgehead atoms. The van der Waals surface area contributed by atoms with Gasteiger partial charge in [0.05, 0.1) is 6.61 Å². The molecule has 0 saturated carbocycles. The summed E-state index contributed by atoms with van der Waals surface area (Å²) in [6.07, 6.45) is 2.42. The third-order valence-corrected chi connectivity index (χ3v) is 2.85. The Bertz CT molecular complexity index is 149. The zero-order chi connectivity index (χ0) is 8.44. The third-order valence-electron chi connectivity index (χ3n) is 2.85. The van der Waals surface area contributed by atoms with Crippen molar-refractivity contribution in [2.75, 3.05) is 26.3 Å². The number of rotatable bonds is 2. The first-order valence-corrected chi connectivity index (χ1v) is 4.85. The summed E-state index contributed by atoms with van der Waals surface area (Å²) in [6.45, 7) is 6.38. The maximum Gasteiger partial charge on any atom is 0.0620 e. The fourth-order valence-corrected chi connectivity index (χ4v) is 2.08. The average Bonchev–Trinajstić information content (AvgIpc) is 2.62. The molecule has 2 fully saturated rings. The smallest absolute Gasteiger partial charge is 0.0620 e. The second kappa shape index (κ2) is 3.32. The van der Waals surface area contributed by atoms with E-state index < -0.39 is 0 Å². The Morgan fingerprint density at radius 3 is 3.08 bits per heavy atom. The lowest BCUT2D eigenvalue weighted by molar-refractivity contribution is 0.183. The van der Waals surface area contributed by atoms with Crippen LogP contribution in [0.4, 0.5) is 0 Å². The van der Waals surface area contributed by atoms with E-state index in [-0.39, 0.29) is 0 Å². The van der Waals surface area contributed by atoms with Crippen molar-refractivity contribution in [2.24, 2.45) is 0 Å². The summed E-state index contributed by atoms with van der Waals surface area (Å²) in [5.74, 6) is 0. The Balaban J connectivity index is 1.83. The van der Waals surface area contributed by atoms with E-state index in [1.54, 1.807) is 0 Å². The van der Waals surface area contributed by atoms with E-state index in [1.165, 1.54) is 12.8 Å². The highest BCUT2D eigenvalue weighted by Crippen LogP contribution is 2.16. The molecule has 0 aromatic carbocycles. The highest BCUT2D eigenvalue weighted by Gasteiger charge is 2.31. The van der Waals surface area contributed by atoms with Gasteiger partial charge in [0.15, 0.2) is 0 Å². The van der Waals surface area contributed by atoms with E-state index in [9.17, 15) is 0 Å². The average molecular weight is 170 g/mol. The molecule has 2 rings (SSSR count). The Kier molecular flexibility index (Phi) is 2.35. The minimum Gasteiger partial charge on any atom is -0.380 e. The zero-order valence-corrected chi connectivity index (χ0v) is 7.73. The minimum absolute atomic E-state index is 0.318. The number of nitrogens with one attached hydrogen (secondary N) is 2. The molecule has 0 aliphatic carbocycles. The molecule has 2 N–H and O–H groups in total. The fraction of sp³-hybridized carbons (Fsp3) is 1.00. The van der Waals surface area contributed by atoms with Gasteiger partial charge in [-0.25, -0.2) is 0 Å². The highest BCUT2D eigenvalue weighted by molar-refractivity contribution is 4.94. The van der Waals surface area contributed by atoms with Crippen LogP contribution in [0.5, 0.6) is 0 Å².